The molecule has 0 aliphatic carbocycles. The minimum atomic E-state index is -0.551. The zero-order chi connectivity index (χ0) is 22.5. The summed E-state index contributed by atoms with van der Waals surface area (Å²) in [4.78, 5) is 31.4. The lowest BCUT2D eigenvalue weighted by molar-refractivity contribution is -0.121. The summed E-state index contributed by atoms with van der Waals surface area (Å²) in [5, 5.41) is 3.25. The Morgan fingerprint density at radius 2 is 1.94 bits per heavy atom. The van der Waals surface area contributed by atoms with Crippen LogP contribution in [0.2, 0.25) is 0 Å². The molecule has 2 aromatic carbocycles. The standard InChI is InChI=1S/C23H25N3O5S/c1-3-11-29-17-8-6-16(7-9-17)26-21(27)13-20(22(26)28)32-23(24-4-2)25-15-5-10-18-19(12-15)31-14-30-18/h5-10,12,20H,3-4,11,13-14H2,1-2H3,(H,24,25)/t20-/m1/s1. The summed E-state index contributed by atoms with van der Waals surface area (Å²) in [6, 6.07) is 12.5. The van der Waals surface area contributed by atoms with E-state index in [1.165, 1.54) is 16.7 Å². The topological polar surface area (TPSA) is 89.5 Å². The molecule has 0 bridgehead atoms. The first-order valence-electron chi connectivity index (χ1n) is 10.6. The summed E-state index contributed by atoms with van der Waals surface area (Å²) < 4.78 is 16.3. The molecular formula is C23H25N3O5S. The number of fused-ring (bicyclic) bond motifs is 1. The maximum Gasteiger partial charge on any atom is 0.247 e. The highest BCUT2D eigenvalue weighted by Crippen LogP contribution is 2.35. The molecule has 0 aromatic heterocycles. The van der Waals surface area contributed by atoms with Crippen LogP contribution in [-0.2, 0) is 9.59 Å². The lowest BCUT2D eigenvalue weighted by atomic mass is 10.3. The summed E-state index contributed by atoms with van der Waals surface area (Å²) in [6.45, 7) is 5.31. The summed E-state index contributed by atoms with van der Waals surface area (Å²) in [5.74, 6) is 1.58. The zero-order valence-electron chi connectivity index (χ0n) is 18.0. The molecule has 1 N–H and O–H groups in total. The van der Waals surface area contributed by atoms with Crippen LogP contribution < -0.4 is 24.4 Å². The molecule has 0 radical (unpaired) electrons. The zero-order valence-corrected chi connectivity index (χ0v) is 18.8. The van der Waals surface area contributed by atoms with Gasteiger partial charge in [-0.2, -0.15) is 0 Å². The molecule has 9 heteroatoms. The molecule has 2 aliphatic rings. The van der Waals surface area contributed by atoms with Gasteiger partial charge in [0.2, 0.25) is 18.6 Å². The van der Waals surface area contributed by atoms with E-state index in [2.05, 4.69) is 10.3 Å². The molecule has 8 nitrogen and oxygen atoms in total. The summed E-state index contributed by atoms with van der Waals surface area (Å²) in [6.07, 6.45) is 1.02. The second kappa shape index (κ2) is 9.95. The number of carbonyl (C=O) groups excluding carboxylic acids is 2. The van der Waals surface area contributed by atoms with Crippen LogP contribution in [0.25, 0.3) is 0 Å². The molecule has 0 saturated carbocycles. The molecule has 4 rings (SSSR count). The molecule has 1 saturated heterocycles. The lowest BCUT2D eigenvalue weighted by Gasteiger charge is -2.16. The fourth-order valence-electron chi connectivity index (χ4n) is 3.36. The number of nitrogens with one attached hydrogen (secondary N) is 1. The minimum Gasteiger partial charge on any atom is -0.494 e. The van der Waals surface area contributed by atoms with Gasteiger partial charge in [-0.15, -0.1) is 0 Å². The number of ether oxygens (including phenoxy) is 3. The molecule has 1 fully saturated rings. The van der Waals surface area contributed by atoms with E-state index in [1.54, 1.807) is 24.3 Å². The predicted molar refractivity (Wildman–Crippen MR) is 125 cm³/mol. The number of benzene rings is 2. The maximum atomic E-state index is 13.1. The van der Waals surface area contributed by atoms with E-state index in [0.29, 0.717) is 41.3 Å². The van der Waals surface area contributed by atoms with Crippen LogP contribution in [0.4, 0.5) is 11.4 Å². The first kappa shape index (κ1) is 22.0. The Hall–Kier alpha value is -3.20. The minimum absolute atomic E-state index is 0.114. The highest BCUT2D eigenvalue weighted by molar-refractivity contribution is 8.15. The number of amides is 2. The third kappa shape index (κ3) is 4.83. The Morgan fingerprint density at radius 3 is 2.69 bits per heavy atom. The van der Waals surface area contributed by atoms with Crippen molar-refractivity contribution in [1.29, 1.82) is 0 Å². The molecule has 2 amide bonds. The average Bonchev–Trinajstić information content (AvgIpc) is 3.36. The highest BCUT2D eigenvalue weighted by Gasteiger charge is 2.40. The monoisotopic (exact) mass is 455 g/mol. The number of imide groups is 1. The number of thioether (sulfide) groups is 1. The van der Waals surface area contributed by atoms with Crippen molar-refractivity contribution < 1.29 is 23.8 Å². The van der Waals surface area contributed by atoms with Gasteiger partial charge < -0.3 is 19.5 Å². The number of nitrogens with zero attached hydrogens (tertiary/aromatic N) is 2. The van der Waals surface area contributed by atoms with Gasteiger partial charge >= 0.3 is 0 Å². The maximum absolute atomic E-state index is 13.1. The second-order valence-corrected chi connectivity index (χ2v) is 8.38. The molecule has 1 atom stereocenters. The van der Waals surface area contributed by atoms with Gasteiger partial charge in [0.25, 0.3) is 0 Å². The van der Waals surface area contributed by atoms with Crippen molar-refractivity contribution in [1.82, 2.24) is 0 Å². The van der Waals surface area contributed by atoms with Crippen molar-refractivity contribution >= 4 is 40.1 Å². The van der Waals surface area contributed by atoms with Crippen molar-refractivity contribution in [2.24, 2.45) is 4.99 Å². The van der Waals surface area contributed by atoms with Crippen LogP contribution in [0, 0.1) is 0 Å². The molecule has 168 valence electrons. The Labute approximate surface area is 190 Å². The van der Waals surface area contributed by atoms with Gasteiger partial charge in [0.1, 0.15) is 11.0 Å². The molecule has 2 aliphatic heterocycles. The Balaban J connectivity index is 1.44. The lowest BCUT2D eigenvalue weighted by Crippen LogP contribution is -2.31. The van der Waals surface area contributed by atoms with Gasteiger partial charge in [-0.05, 0) is 49.7 Å². The van der Waals surface area contributed by atoms with Gasteiger partial charge in [-0.3, -0.25) is 14.6 Å². The first-order valence-corrected chi connectivity index (χ1v) is 11.4. The summed E-state index contributed by atoms with van der Waals surface area (Å²) >= 11 is 1.26. The first-order chi connectivity index (χ1) is 15.6. The smallest absolute Gasteiger partial charge is 0.247 e. The van der Waals surface area contributed by atoms with E-state index < -0.39 is 5.25 Å². The van der Waals surface area contributed by atoms with E-state index in [0.717, 1.165) is 12.1 Å². The van der Waals surface area contributed by atoms with E-state index in [4.69, 9.17) is 14.2 Å². The summed E-state index contributed by atoms with van der Waals surface area (Å²) in [5.41, 5.74) is 1.31. The molecule has 32 heavy (non-hydrogen) atoms. The fraction of sp³-hybridized carbons (Fsp3) is 0.348. The Bertz CT molecular complexity index is 1020. The van der Waals surface area contributed by atoms with Gasteiger partial charge in [-0.25, -0.2) is 4.90 Å². The van der Waals surface area contributed by atoms with E-state index in [-0.39, 0.29) is 25.0 Å². The van der Waals surface area contributed by atoms with Crippen LogP contribution >= 0.6 is 11.8 Å². The fourth-order valence-corrected chi connectivity index (χ4v) is 4.44. The van der Waals surface area contributed by atoms with E-state index in [1.807, 2.05) is 32.0 Å². The SMILES string of the molecule is CCCOc1ccc(N2C(=O)C[C@@H](SC(=NCC)Nc3ccc4c(c3)OCO4)C2=O)cc1. The number of anilines is 2. The van der Waals surface area contributed by atoms with Gasteiger partial charge in [0, 0.05) is 24.7 Å². The van der Waals surface area contributed by atoms with Crippen LogP contribution in [-0.4, -0.2) is 42.2 Å². The van der Waals surface area contributed by atoms with E-state index in [9.17, 15) is 9.59 Å². The summed E-state index contributed by atoms with van der Waals surface area (Å²) in [7, 11) is 0. The molecule has 2 heterocycles. The number of amidine groups is 1. The Kier molecular flexibility index (Phi) is 6.84. The third-order valence-electron chi connectivity index (χ3n) is 4.85. The van der Waals surface area contributed by atoms with Crippen LogP contribution in [0.3, 0.4) is 0 Å². The van der Waals surface area contributed by atoms with E-state index >= 15 is 0 Å². The second-order valence-electron chi connectivity index (χ2n) is 7.19. The quantitative estimate of drug-likeness (QED) is 0.383. The Morgan fingerprint density at radius 1 is 1.16 bits per heavy atom. The van der Waals surface area contributed by atoms with Crippen LogP contribution in [0.1, 0.15) is 26.7 Å². The normalized spacial score (nSPS) is 17.8. The molecule has 0 spiro atoms. The van der Waals surface area contributed by atoms with Crippen molar-refractivity contribution in [3.8, 4) is 17.2 Å². The average molecular weight is 456 g/mol. The predicted octanol–water partition coefficient (Wildman–Crippen LogP) is 4.06. The number of carbonyl (C=O) groups is 2. The van der Waals surface area contributed by atoms with Crippen molar-refractivity contribution in [3.05, 3.63) is 42.5 Å². The van der Waals surface area contributed by atoms with Crippen molar-refractivity contribution in [2.45, 2.75) is 31.9 Å². The van der Waals surface area contributed by atoms with Crippen LogP contribution in [0.15, 0.2) is 47.5 Å². The van der Waals surface area contributed by atoms with Gasteiger partial charge in [0.15, 0.2) is 16.7 Å². The van der Waals surface area contributed by atoms with Crippen LogP contribution in [0.5, 0.6) is 17.2 Å². The highest BCUT2D eigenvalue weighted by atomic mass is 32.2. The number of rotatable bonds is 7. The number of hydrogen-bond donors (Lipinski definition) is 1. The largest absolute Gasteiger partial charge is 0.494 e. The van der Waals surface area contributed by atoms with Gasteiger partial charge in [0.05, 0.1) is 12.3 Å². The molecular weight excluding hydrogens is 430 g/mol. The van der Waals surface area contributed by atoms with Gasteiger partial charge in [-0.1, -0.05) is 18.7 Å². The molecule has 2 aromatic rings. The number of hydrogen-bond acceptors (Lipinski definition) is 7. The van der Waals surface area contributed by atoms with Crippen molar-refractivity contribution in [2.75, 3.05) is 30.2 Å². The molecule has 0 unspecified atom stereocenters. The number of aliphatic imine (C=N–C) groups is 1. The third-order valence-corrected chi connectivity index (χ3v) is 5.96. The van der Waals surface area contributed by atoms with Crippen molar-refractivity contribution in [3.63, 3.8) is 0 Å².